The van der Waals surface area contributed by atoms with E-state index in [1.54, 1.807) is 14.2 Å². The molecule has 0 aromatic carbocycles. The molecule has 0 aliphatic heterocycles. The second-order valence-corrected chi connectivity index (χ2v) is 4.11. The van der Waals surface area contributed by atoms with Gasteiger partial charge in [0, 0.05) is 20.6 Å². The lowest BCUT2D eigenvalue weighted by atomic mass is 10.1. The number of Topliss-reactive ketones (excluding diaryl/α,β-unsaturated/α-hetero) is 1. The first-order valence-corrected chi connectivity index (χ1v) is 5.46. The fourth-order valence-corrected chi connectivity index (χ4v) is 1.75. The Morgan fingerprint density at radius 1 is 1.67 bits per heavy atom. The maximum atomic E-state index is 11.8. The molecule has 6 heteroatoms. The largest absolute Gasteiger partial charge is 0.382 e. The number of carbonyl (C=O) groups excluding carboxylic acids is 1. The van der Waals surface area contributed by atoms with Crippen molar-refractivity contribution in [1.82, 2.24) is 15.0 Å². The number of hydrogen-bond acceptors (Lipinski definition) is 4. The summed E-state index contributed by atoms with van der Waals surface area (Å²) in [6, 6.07) is 0. The molecule has 1 unspecified atom stereocenters. The number of aryl methyl sites for hydroxylation is 1. The Kier molecular flexibility index (Phi) is 4.41. The summed E-state index contributed by atoms with van der Waals surface area (Å²) in [6.07, 6.45) is 1.23. The molecule has 1 aromatic heterocycles. The SMILES string of the molecule is COC(C)CCC(=O)c1c(Br)nnn1C. The first-order valence-electron chi connectivity index (χ1n) is 4.67. The van der Waals surface area contributed by atoms with Crippen LogP contribution in [0.1, 0.15) is 30.3 Å². The Labute approximate surface area is 96.9 Å². The molecule has 0 saturated carbocycles. The predicted octanol–water partition coefficient (Wildman–Crippen LogP) is 1.58. The van der Waals surface area contributed by atoms with Gasteiger partial charge in [-0.2, -0.15) is 0 Å². The van der Waals surface area contributed by atoms with Crippen LogP contribution < -0.4 is 0 Å². The minimum atomic E-state index is 0.0262. The minimum Gasteiger partial charge on any atom is -0.382 e. The molecule has 1 heterocycles. The van der Waals surface area contributed by atoms with Crippen LogP contribution in [-0.2, 0) is 11.8 Å². The number of carbonyl (C=O) groups is 1. The van der Waals surface area contributed by atoms with Crippen molar-refractivity contribution in [3.05, 3.63) is 10.3 Å². The smallest absolute Gasteiger partial charge is 0.183 e. The van der Waals surface area contributed by atoms with Gasteiger partial charge in [0.25, 0.3) is 0 Å². The number of nitrogens with zero attached hydrogens (tertiary/aromatic N) is 3. The second-order valence-electron chi connectivity index (χ2n) is 3.36. The van der Waals surface area contributed by atoms with E-state index in [1.165, 1.54) is 4.68 Å². The summed E-state index contributed by atoms with van der Waals surface area (Å²) in [6.45, 7) is 1.93. The van der Waals surface area contributed by atoms with Gasteiger partial charge in [-0.3, -0.25) is 4.79 Å². The summed E-state index contributed by atoms with van der Waals surface area (Å²) < 4.78 is 7.05. The third-order valence-electron chi connectivity index (χ3n) is 2.23. The Balaban J connectivity index is 2.62. The second kappa shape index (κ2) is 5.37. The number of ether oxygens (including phenoxy) is 1. The molecule has 5 nitrogen and oxygen atoms in total. The van der Waals surface area contributed by atoms with Crippen LogP contribution in [0.5, 0.6) is 0 Å². The van der Waals surface area contributed by atoms with Crippen molar-refractivity contribution in [1.29, 1.82) is 0 Å². The lowest BCUT2D eigenvalue weighted by Gasteiger charge is -2.07. The topological polar surface area (TPSA) is 57.0 Å². The van der Waals surface area contributed by atoms with E-state index in [4.69, 9.17) is 4.74 Å². The Morgan fingerprint density at radius 2 is 2.33 bits per heavy atom. The van der Waals surface area contributed by atoms with E-state index in [2.05, 4.69) is 26.2 Å². The van der Waals surface area contributed by atoms with E-state index in [1.807, 2.05) is 6.92 Å². The van der Waals surface area contributed by atoms with Crippen LogP contribution in [0, 0.1) is 0 Å². The van der Waals surface area contributed by atoms with Crippen molar-refractivity contribution in [2.75, 3.05) is 7.11 Å². The molecule has 1 aromatic rings. The molecule has 0 N–H and O–H groups in total. The average Bonchev–Trinajstić information content (AvgIpc) is 2.54. The molecule has 0 aliphatic carbocycles. The summed E-state index contributed by atoms with van der Waals surface area (Å²) in [7, 11) is 3.33. The van der Waals surface area contributed by atoms with Gasteiger partial charge in [-0.25, -0.2) is 4.68 Å². The van der Waals surface area contributed by atoms with Gasteiger partial charge in [-0.05, 0) is 29.3 Å². The predicted molar refractivity (Wildman–Crippen MR) is 58.7 cm³/mol. The van der Waals surface area contributed by atoms with Crippen LogP contribution in [0.4, 0.5) is 0 Å². The standard InChI is InChI=1S/C9H14BrN3O2/c1-6(15-3)4-5-7(14)8-9(10)11-12-13(8)2/h6H,4-5H2,1-3H3. The zero-order chi connectivity index (χ0) is 11.4. The number of halogens is 1. The first-order chi connectivity index (χ1) is 7.06. The van der Waals surface area contributed by atoms with Crippen molar-refractivity contribution >= 4 is 21.7 Å². The minimum absolute atomic E-state index is 0.0262. The fourth-order valence-electron chi connectivity index (χ4n) is 1.20. The molecular weight excluding hydrogens is 262 g/mol. The van der Waals surface area contributed by atoms with Crippen molar-refractivity contribution < 1.29 is 9.53 Å². The lowest BCUT2D eigenvalue weighted by molar-refractivity contribution is 0.0870. The molecule has 0 spiro atoms. The van der Waals surface area contributed by atoms with Crippen LogP contribution in [0.2, 0.25) is 0 Å². The summed E-state index contributed by atoms with van der Waals surface area (Å²) in [5.74, 6) is 0.0262. The molecule has 84 valence electrons. The van der Waals surface area contributed by atoms with E-state index in [9.17, 15) is 4.79 Å². The van der Waals surface area contributed by atoms with Gasteiger partial charge in [0.2, 0.25) is 0 Å². The Hall–Kier alpha value is -0.750. The molecule has 0 aliphatic rings. The molecule has 1 rings (SSSR count). The van der Waals surface area contributed by atoms with Gasteiger partial charge in [0.05, 0.1) is 6.10 Å². The van der Waals surface area contributed by atoms with Crippen molar-refractivity contribution in [3.8, 4) is 0 Å². The van der Waals surface area contributed by atoms with Gasteiger partial charge >= 0.3 is 0 Å². The molecule has 0 amide bonds. The van der Waals surface area contributed by atoms with Crippen LogP contribution in [0.25, 0.3) is 0 Å². The number of hydrogen-bond donors (Lipinski definition) is 0. The van der Waals surface area contributed by atoms with E-state index in [-0.39, 0.29) is 11.9 Å². The van der Waals surface area contributed by atoms with Gasteiger partial charge in [0.1, 0.15) is 5.69 Å². The van der Waals surface area contributed by atoms with Crippen LogP contribution in [-0.4, -0.2) is 34.0 Å². The third-order valence-corrected chi connectivity index (χ3v) is 2.76. The summed E-state index contributed by atoms with van der Waals surface area (Å²) in [4.78, 5) is 11.8. The van der Waals surface area contributed by atoms with Crippen LogP contribution in [0.3, 0.4) is 0 Å². The Bertz CT molecular complexity index is 332. The van der Waals surface area contributed by atoms with Crippen molar-refractivity contribution in [3.63, 3.8) is 0 Å². The quantitative estimate of drug-likeness (QED) is 0.766. The lowest BCUT2D eigenvalue weighted by Crippen LogP contribution is -2.12. The van der Waals surface area contributed by atoms with Gasteiger partial charge in [-0.1, -0.05) is 5.21 Å². The number of rotatable bonds is 5. The number of methoxy groups -OCH3 is 1. The van der Waals surface area contributed by atoms with E-state index in [0.717, 1.165) is 0 Å². The summed E-state index contributed by atoms with van der Waals surface area (Å²) in [5, 5.41) is 7.51. The fraction of sp³-hybridized carbons (Fsp3) is 0.667. The van der Waals surface area contributed by atoms with E-state index in [0.29, 0.717) is 23.1 Å². The molecule has 0 saturated heterocycles. The number of aromatic nitrogens is 3. The normalized spacial score (nSPS) is 12.8. The van der Waals surface area contributed by atoms with Crippen molar-refractivity contribution in [2.45, 2.75) is 25.9 Å². The monoisotopic (exact) mass is 275 g/mol. The highest BCUT2D eigenvalue weighted by Crippen LogP contribution is 2.15. The van der Waals surface area contributed by atoms with Gasteiger partial charge in [0.15, 0.2) is 10.4 Å². The first kappa shape index (κ1) is 12.3. The highest BCUT2D eigenvalue weighted by molar-refractivity contribution is 9.10. The van der Waals surface area contributed by atoms with Crippen LogP contribution in [0.15, 0.2) is 4.60 Å². The Morgan fingerprint density at radius 3 is 2.80 bits per heavy atom. The maximum Gasteiger partial charge on any atom is 0.183 e. The molecule has 0 bridgehead atoms. The van der Waals surface area contributed by atoms with Crippen LogP contribution >= 0.6 is 15.9 Å². The van der Waals surface area contributed by atoms with Gasteiger partial charge < -0.3 is 4.74 Å². The van der Waals surface area contributed by atoms with Gasteiger partial charge in [-0.15, -0.1) is 5.10 Å². The maximum absolute atomic E-state index is 11.8. The third kappa shape index (κ3) is 3.10. The highest BCUT2D eigenvalue weighted by atomic mass is 79.9. The number of ketones is 1. The van der Waals surface area contributed by atoms with E-state index < -0.39 is 0 Å². The molecular formula is C9H14BrN3O2. The highest BCUT2D eigenvalue weighted by Gasteiger charge is 2.17. The zero-order valence-corrected chi connectivity index (χ0v) is 10.6. The van der Waals surface area contributed by atoms with Crippen molar-refractivity contribution in [2.24, 2.45) is 7.05 Å². The average molecular weight is 276 g/mol. The molecule has 1 atom stereocenters. The summed E-state index contributed by atoms with van der Waals surface area (Å²) >= 11 is 3.20. The molecule has 15 heavy (non-hydrogen) atoms. The summed E-state index contributed by atoms with van der Waals surface area (Å²) in [5.41, 5.74) is 0.512. The molecule has 0 radical (unpaired) electrons. The zero-order valence-electron chi connectivity index (χ0n) is 9.03. The van der Waals surface area contributed by atoms with E-state index >= 15 is 0 Å². The molecule has 0 fully saturated rings.